The lowest BCUT2D eigenvalue weighted by molar-refractivity contribution is 0.266. The van der Waals surface area contributed by atoms with Gasteiger partial charge < -0.3 is 9.47 Å². The molecule has 0 saturated carbocycles. The molecule has 3 rings (SSSR count). The van der Waals surface area contributed by atoms with Crippen molar-refractivity contribution in [2.45, 2.75) is 20.5 Å². The van der Waals surface area contributed by atoms with Gasteiger partial charge in [-0.05, 0) is 49.2 Å². The second-order valence-corrected chi connectivity index (χ2v) is 6.56. The van der Waals surface area contributed by atoms with Crippen LogP contribution in [0.3, 0.4) is 0 Å². The van der Waals surface area contributed by atoms with Gasteiger partial charge in [-0.1, -0.05) is 54.1 Å². The van der Waals surface area contributed by atoms with Gasteiger partial charge in [0.1, 0.15) is 12.4 Å². The zero-order valence-corrected chi connectivity index (χ0v) is 16.5. The number of rotatable bonds is 7. The van der Waals surface area contributed by atoms with Crippen molar-refractivity contribution in [1.82, 2.24) is 0 Å². The summed E-state index contributed by atoms with van der Waals surface area (Å²) in [6.07, 6.45) is 1.81. The smallest absolute Gasteiger partial charge is 0.161 e. The summed E-state index contributed by atoms with van der Waals surface area (Å²) in [5.41, 5.74) is 3.86. The van der Waals surface area contributed by atoms with E-state index in [4.69, 9.17) is 9.47 Å². The van der Waals surface area contributed by atoms with Crippen molar-refractivity contribution in [3.05, 3.63) is 94.8 Å². The Morgan fingerprint density at radius 2 is 1.76 bits per heavy atom. The number of ether oxygens (including phenoxy) is 2. The van der Waals surface area contributed by atoms with Gasteiger partial charge >= 0.3 is 0 Å². The molecular weight excluding hydrogens is 365 g/mol. The fourth-order valence-electron chi connectivity index (χ4n) is 2.85. The zero-order valence-electron chi connectivity index (χ0n) is 16.5. The van der Waals surface area contributed by atoms with Gasteiger partial charge in [0, 0.05) is 5.56 Å². The van der Waals surface area contributed by atoms with Gasteiger partial charge in [0.25, 0.3) is 0 Å². The van der Waals surface area contributed by atoms with Crippen molar-refractivity contribution >= 4 is 11.6 Å². The largest absolute Gasteiger partial charge is 0.490 e. The average Bonchev–Trinajstić information content (AvgIpc) is 2.73. The molecule has 0 fully saturated rings. The first-order chi connectivity index (χ1) is 14.1. The minimum Gasteiger partial charge on any atom is -0.490 e. The SMILES string of the molecule is CCOc1cc(/C=C(\C#N)c2ccc(C)cc2)ccc1OCc1ccccc1F. The summed E-state index contributed by atoms with van der Waals surface area (Å²) in [4.78, 5) is 0. The summed E-state index contributed by atoms with van der Waals surface area (Å²) < 4.78 is 25.3. The lowest BCUT2D eigenvalue weighted by Gasteiger charge is -2.13. The molecule has 0 aliphatic carbocycles. The van der Waals surface area contributed by atoms with Crippen LogP contribution in [-0.2, 0) is 6.61 Å². The highest BCUT2D eigenvalue weighted by Crippen LogP contribution is 2.31. The van der Waals surface area contributed by atoms with Crippen LogP contribution in [-0.4, -0.2) is 6.61 Å². The van der Waals surface area contributed by atoms with Gasteiger partial charge in [0.05, 0.1) is 18.2 Å². The Kier molecular flexibility index (Phi) is 6.65. The van der Waals surface area contributed by atoms with Crippen molar-refractivity contribution in [3.63, 3.8) is 0 Å². The number of nitrogens with zero attached hydrogens (tertiary/aromatic N) is 1. The van der Waals surface area contributed by atoms with Gasteiger partial charge in [-0.3, -0.25) is 0 Å². The molecule has 146 valence electrons. The molecule has 0 N–H and O–H groups in total. The summed E-state index contributed by atoms with van der Waals surface area (Å²) in [5, 5.41) is 9.56. The first-order valence-electron chi connectivity index (χ1n) is 9.42. The number of halogens is 1. The second kappa shape index (κ2) is 9.57. The molecule has 0 bridgehead atoms. The molecule has 0 unspecified atom stereocenters. The fourth-order valence-corrected chi connectivity index (χ4v) is 2.85. The topological polar surface area (TPSA) is 42.2 Å². The van der Waals surface area contributed by atoms with Crippen LogP contribution in [0.1, 0.15) is 29.2 Å². The van der Waals surface area contributed by atoms with Crippen molar-refractivity contribution in [3.8, 4) is 17.6 Å². The van der Waals surface area contributed by atoms with E-state index < -0.39 is 0 Å². The maximum absolute atomic E-state index is 13.8. The molecule has 0 heterocycles. The van der Waals surface area contributed by atoms with Crippen molar-refractivity contribution in [2.75, 3.05) is 6.61 Å². The molecule has 0 amide bonds. The minimum atomic E-state index is -0.304. The number of hydrogen-bond donors (Lipinski definition) is 0. The number of aryl methyl sites for hydroxylation is 1. The second-order valence-electron chi connectivity index (χ2n) is 6.56. The third-order valence-corrected chi connectivity index (χ3v) is 4.40. The van der Waals surface area contributed by atoms with Gasteiger partial charge in [-0.25, -0.2) is 4.39 Å². The monoisotopic (exact) mass is 387 g/mol. The maximum atomic E-state index is 13.8. The molecular formula is C25H22FNO2. The number of hydrogen-bond acceptors (Lipinski definition) is 3. The third kappa shape index (κ3) is 5.24. The van der Waals surface area contributed by atoms with E-state index in [-0.39, 0.29) is 12.4 Å². The van der Waals surface area contributed by atoms with Crippen LogP contribution >= 0.6 is 0 Å². The molecule has 0 aromatic heterocycles. The van der Waals surface area contributed by atoms with Gasteiger partial charge in [0.15, 0.2) is 11.5 Å². The summed E-state index contributed by atoms with van der Waals surface area (Å²) >= 11 is 0. The fraction of sp³-hybridized carbons (Fsp3) is 0.160. The Morgan fingerprint density at radius 1 is 1.00 bits per heavy atom. The van der Waals surface area contributed by atoms with E-state index >= 15 is 0 Å². The lowest BCUT2D eigenvalue weighted by Crippen LogP contribution is -2.01. The minimum absolute atomic E-state index is 0.106. The highest BCUT2D eigenvalue weighted by molar-refractivity contribution is 5.89. The molecule has 0 atom stereocenters. The first-order valence-corrected chi connectivity index (χ1v) is 9.42. The molecule has 0 aliphatic heterocycles. The molecule has 3 aromatic rings. The van der Waals surface area contributed by atoms with Gasteiger partial charge in [0.2, 0.25) is 0 Å². The Hall–Kier alpha value is -3.58. The lowest BCUT2D eigenvalue weighted by atomic mass is 10.0. The Balaban J connectivity index is 1.86. The summed E-state index contributed by atoms with van der Waals surface area (Å²) in [6.45, 7) is 4.46. The molecule has 0 spiro atoms. The Bertz CT molecular complexity index is 1050. The van der Waals surface area contributed by atoms with E-state index in [2.05, 4.69) is 6.07 Å². The standard InChI is InChI=1S/C25H22FNO2/c1-3-28-25-15-19(14-22(16-27)20-11-8-18(2)9-12-20)10-13-24(25)29-17-21-6-4-5-7-23(21)26/h4-15H,3,17H2,1-2H3/b22-14+. The predicted molar refractivity (Wildman–Crippen MR) is 113 cm³/mol. The van der Waals surface area contributed by atoms with Crippen LogP contribution in [0.25, 0.3) is 11.6 Å². The molecule has 4 heteroatoms. The van der Waals surface area contributed by atoms with Gasteiger partial charge in [-0.2, -0.15) is 5.26 Å². The van der Waals surface area contributed by atoms with E-state index in [1.165, 1.54) is 6.07 Å². The molecule has 3 aromatic carbocycles. The first kappa shape index (κ1) is 20.2. The van der Waals surface area contributed by atoms with Crippen molar-refractivity contribution < 1.29 is 13.9 Å². The molecule has 3 nitrogen and oxygen atoms in total. The number of benzene rings is 3. The van der Waals surface area contributed by atoms with Crippen LogP contribution in [0.2, 0.25) is 0 Å². The molecule has 29 heavy (non-hydrogen) atoms. The van der Waals surface area contributed by atoms with E-state index in [9.17, 15) is 9.65 Å². The van der Waals surface area contributed by atoms with E-state index in [0.717, 1.165) is 16.7 Å². The summed E-state index contributed by atoms with van der Waals surface area (Å²) in [7, 11) is 0. The van der Waals surface area contributed by atoms with Crippen LogP contribution in [0.5, 0.6) is 11.5 Å². The third-order valence-electron chi connectivity index (χ3n) is 4.40. The van der Waals surface area contributed by atoms with Crippen molar-refractivity contribution in [1.29, 1.82) is 5.26 Å². The van der Waals surface area contributed by atoms with E-state index in [1.54, 1.807) is 24.3 Å². The van der Waals surface area contributed by atoms with Crippen LogP contribution in [0.15, 0.2) is 66.7 Å². The van der Waals surface area contributed by atoms with Crippen molar-refractivity contribution in [2.24, 2.45) is 0 Å². The predicted octanol–water partition coefficient (Wildman–Crippen LogP) is 6.18. The van der Waals surface area contributed by atoms with Crippen LogP contribution in [0, 0.1) is 24.1 Å². The summed E-state index contributed by atoms with van der Waals surface area (Å²) in [6, 6.07) is 22.0. The molecule has 0 saturated heterocycles. The maximum Gasteiger partial charge on any atom is 0.161 e. The quantitative estimate of drug-likeness (QED) is 0.359. The van der Waals surface area contributed by atoms with E-state index in [0.29, 0.717) is 29.2 Å². The summed E-state index contributed by atoms with van der Waals surface area (Å²) in [5.74, 6) is 0.779. The van der Waals surface area contributed by atoms with Crippen LogP contribution < -0.4 is 9.47 Å². The number of allylic oxidation sites excluding steroid dienone is 1. The normalized spacial score (nSPS) is 11.0. The highest BCUT2D eigenvalue weighted by atomic mass is 19.1. The van der Waals surface area contributed by atoms with E-state index in [1.807, 2.05) is 56.3 Å². The Labute approximate surface area is 170 Å². The zero-order chi connectivity index (χ0) is 20.6. The highest BCUT2D eigenvalue weighted by Gasteiger charge is 2.09. The Morgan fingerprint density at radius 3 is 2.45 bits per heavy atom. The van der Waals surface area contributed by atoms with Crippen LogP contribution in [0.4, 0.5) is 4.39 Å². The molecule has 0 radical (unpaired) electrons. The average molecular weight is 387 g/mol. The molecule has 0 aliphatic rings. The number of nitriles is 1. The van der Waals surface area contributed by atoms with Gasteiger partial charge in [-0.15, -0.1) is 0 Å².